The molecule has 0 radical (unpaired) electrons. The van der Waals surface area contributed by atoms with Crippen LogP contribution in [-0.2, 0) is 0 Å². The van der Waals surface area contributed by atoms with E-state index in [9.17, 15) is 0 Å². The molecule has 3 nitrogen and oxygen atoms in total. The molecule has 0 spiro atoms. The van der Waals surface area contributed by atoms with Gasteiger partial charge in [0.1, 0.15) is 0 Å². The second-order valence-electron chi connectivity index (χ2n) is 5.64. The molecule has 0 atom stereocenters. The molecule has 1 fully saturated rings. The maximum Gasteiger partial charge on any atom is 0.0613 e. The van der Waals surface area contributed by atoms with Crippen molar-refractivity contribution in [3.63, 3.8) is 0 Å². The number of anilines is 2. The Hall–Kier alpha value is -1.71. The third-order valence-electron chi connectivity index (χ3n) is 3.94. The third-order valence-corrected chi connectivity index (χ3v) is 4.68. The summed E-state index contributed by atoms with van der Waals surface area (Å²) in [4.78, 5) is 2.44. The molecule has 2 aromatic carbocycles. The lowest BCUT2D eigenvalue weighted by Gasteiger charge is -2.28. The van der Waals surface area contributed by atoms with Crippen LogP contribution in [0.5, 0.6) is 0 Å². The minimum absolute atomic E-state index is 0.512. The molecular weight excluding hydrogens is 329 g/mol. The molecule has 1 saturated heterocycles. The fraction of sp³-hybridized carbons (Fsp3) is 0.278. The summed E-state index contributed by atoms with van der Waals surface area (Å²) in [5, 5.41) is 5.28. The van der Waals surface area contributed by atoms with Crippen LogP contribution >= 0.6 is 23.2 Å². The maximum absolute atomic E-state index is 5.97. The Bertz CT molecular complexity index is 677. The van der Waals surface area contributed by atoms with Gasteiger partial charge in [0.15, 0.2) is 0 Å². The molecule has 0 aromatic heterocycles. The molecule has 3 rings (SSSR count). The number of rotatable bonds is 4. The normalized spacial score (nSPS) is 15.1. The maximum atomic E-state index is 5.97. The number of hydrazone groups is 1. The molecule has 0 saturated carbocycles. The number of nitrogens with one attached hydrogen (secondary N) is 1. The highest BCUT2D eigenvalue weighted by molar-refractivity contribution is 6.42. The quantitative estimate of drug-likeness (QED) is 0.589. The predicted molar refractivity (Wildman–Crippen MR) is 100 cm³/mol. The van der Waals surface area contributed by atoms with Crippen molar-refractivity contribution in [3.8, 4) is 0 Å². The summed E-state index contributed by atoms with van der Waals surface area (Å²) in [6.07, 6.45) is 5.72. The summed E-state index contributed by atoms with van der Waals surface area (Å²) in [7, 11) is 0. The van der Waals surface area contributed by atoms with Crippen LogP contribution in [0.25, 0.3) is 0 Å². The Balaban J connectivity index is 1.60. The zero-order valence-corrected chi connectivity index (χ0v) is 14.3. The first-order valence-electron chi connectivity index (χ1n) is 7.81. The second kappa shape index (κ2) is 7.71. The van der Waals surface area contributed by atoms with Gasteiger partial charge < -0.3 is 4.90 Å². The summed E-state index contributed by atoms with van der Waals surface area (Å²) in [6, 6.07) is 13.8. The van der Waals surface area contributed by atoms with Crippen LogP contribution in [0.1, 0.15) is 24.8 Å². The SMILES string of the molecule is Clc1ccc(NN=Cc2ccc(N3CCCCC3)cc2)cc1Cl. The van der Waals surface area contributed by atoms with Gasteiger partial charge in [-0.25, -0.2) is 0 Å². The van der Waals surface area contributed by atoms with Crippen LogP contribution in [0.2, 0.25) is 10.0 Å². The second-order valence-corrected chi connectivity index (χ2v) is 6.45. The zero-order valence-electron chi connectivity index (χ0n) is 12.8. The smallest absolute Gasteiger partial charge is 0.0613 e. The molecule has 0 amide bonds. The van der Waals surface area contributed by atoms with Gasteiger partial charge in [0.2, 0.25) is 0 Å². The standard InChI is InChI=1S/C18H19Cl2N3/c19-17-9-6-15(12-18(17)20)22-21-13-14-4-7-16(8-5-14)23-10-2-1-3-11-23/h4-9,12-13,22H,1-3,10-11H2. The molecule has 1 aliphatic rings. The molecule has 1 aliphatic heterocycles. The number of nitrogens with zero attached hydrogens (tertiary/aromatic N) is 2. The fourth-order valence-electron chi connectivity index (χ4n) is 2.67. The molecule has 5 heteroatoms. The molecule has 1 N–H and O–H groups in total. The molecule has 23 heavy (non-hydrogen) atoms. The molecule has 0 bridgehead atoms. The van der Waals surface area contributed by atoms with Gasteiger partial charge in [0.05, 0.1) is 21.9 Å². The van der Waals surface area contributed by atoms with Crippen molar-refractivity contribution in [2.45, 2.75) is 19.3 Å². The third kappa shape index (κ3) is 4.40. The van der Waals surface area contributed by atoms with E-state index < -0.39 is 0 Å². The van der Waals surface area contributed by atoms with Crippen LogP contribution in [0.4, 0.5) is 11.4 Å². The highest BCUT2D eigenvalue weighted by Gasteiger charge is 2.10. The zero-order chi connectivity index (χ0) is 16.1. The average molecular weight is 348 g/mol. The minimum Gasteiger partial charge on any atom is -0.372 e. The number of hydrogen-bond acceptors (Lipinski definition) is 3. The van der Waals surface area contributed by atoms with Crippen molar-refractivity contribution in [1.29, 1.82) is 0 Å². The van der Waals surface area contributed by atoms with Gasteiger partial charge in [-0.15, -0.1) is 0 Å². The monoisotopic (exact) mass is 347 g/mol. The Morgan fingerprint density at radius 2 is 1.65 bits per heavy atom. The lowest BCUT2D eigenvalue weighted by Crippen LogP contribution is -2.29. The van der Waals surface area contributed by atoms with E-state index in [0.717, 1.165) is 24.3 Å². The van der Waals surface area contributed by atoms with E-state index in [-0.39, 0.29) is 0 Å². The minimum atomic E-state index is 0.512. The fourth-order valence-corrected chi connectivity index (χ4v) is 2.97. The molecular formula is C18H19Cl2N3. The molecule has 0 unspecified atom stereocenters. The van der Waals surface area contributed by atoms with Crippen LogP contribution in [0.15, 0.2) is 47.6 Å². The van der Waals surface area contributed by atoms with E-state index in [1.807, 2.05) is 6.07 Å². The summed E-state index contributed by atoms with van der Waals surface area (Å²) < 4.78 is 0. The van der Waals surface area contributed by atoms with Gasteiger partial charge in [-0.05, 0) is 55.2 Å². The Labute approximate surface area is 146 Å². The van der Waals surface area contributed by atoms with Crippen molar-refractivity contribution in [2.75, 3.05) is 23.4 Å². The van der Waals surface area contributed by atoms with E-state index in [2.05, 4.69) is 39.7 Å². The number of piperidine rings is 1. The number of hydrogen-bond donors (Lipinski definition) is 1. The van der Waals surface area contributed by atoms with Crippen molar-refractivity contribution in [3.05, 3.63) is 58.1 Å². The molecule has 120 valence electrons. The van der Waals surface area contributed by atoms with Gasteiger partial charge in [-0.3, -0.25) is 5.43 Å². The van der Waals surface area contributed by atoms with Crippen molar-refractivity contribution >= 4 is 40.8 Å². The Kier molecular flexibility index (Phi) is 5.42. The van der Waals surface area contributed by atoms with Crippen molar-refractivity contribution < 1.29 is 0 Å². The van der Waals surface area contributed by atoms with E-state index in [0.29, 0.717) is 10.0 Å². The first kappa shape index (κ1) is 16.2. The number of halogens is 2. The first-order valence-corrected chi connectivity index (χ1v) is 8.57. The van der Waals surface area contributed by atoms with Gasteiger partial charge in [0.25, 0.3) is 0 Å². The molecule has 0 aliphatic carbocycles. The topological polar surface area (TPSA) is 27.6 Å². The molecule has 1 heterocycles. The molecule has 2 aromatic rings. The van der Waals surface area contributed by atoms with Crippen molar-refractivity contribution in [1.82, 2.24) is 0 Å². The van der Waals surface area contributed by atoms with E-state index in [1.54, 1.807) is 18.3 Å². The lowest BCUT2D eigenvalue weighted by atomic mass is 10.1. The summed E-state index contributed by atoms with van der Waals surface area (Å²) >= 11 is 11.9. The van der Waals surface area contributed by atoms with Crippen molar-refractivity contribution in [2.24, 2.45) is 5.10 Å². The Morgan fingerprint density at radius 3 is 2.35 bits per heavy atom. The van der Waals surface area contributed by atoms with E-state index in [4.69, 9.17) is 23.2 Å². The van der Waals surface area contributed by atoms with Gasteiger partial charge in [-0.2, -0.15) is 5.10 Å². The van der Waals surface area contributed by atoms with E-state index >= 15 is 0 Å². The van der Waals surface area contributed by atoms with Crippen LogP contribution in [0, 0.1) is 0 Å². The Morgan fingerprint density at radius 1 is 0.913 bits per heavy atom. The lowest BCUT2D eigenvalue weighted by molar-refractivity contribution is 0.578. The first-order chi connectivity index (χ1) is 11.2. The van der Waals surface area contributed by atoms with Gasteiger partial charge >= 0.3 is 0 Å². The number of benzene rings is 2. The van der Waals surface area contributed by atoms with Crippen LogP contribution in [0.3, 0.4) is 0 Å². The van der Waals surface area contributed by atoms with Gasteiger partial charge in [-0.1, -0.05) is 35.3 Å². The van der Waals surface area contributed by atoms with Gasteiger partial charge in [0, 0.05) is 18.8 Å². The predicted octanol–water partition coefficient (Wildman–Crippen LogP) is 5.43. The summed E-state index contributed by atoms with van der Waals surface area (Å²) in [6.45, 7) is 2.32. The summed E-state index contributed by atoms with van der Waals surface area (Å²) in [5.74, 6) is 0. The summed E-state index contributed by atoms with van der Waals surface area (Å²) in [5.41, 5.74) is 6.11. The van der Waals surface area contributed by atoms with E-state index in [1.165, 1.54) is 24.9 Å². The largest absolute Gasteiger partial charge is 0.372 e. The highest BCUT2D eigenvalue weighted by Crippen LogP contribution is 2.25. The average Bonchev–Trinajstić information content (AvgIpc) is 2.59. The van der Waals surface area contributed by atoms with Crippen LogP contribution in [-0.4, -0.2) is 19.3 Å². The van der Waals surface area contributed by atoms with Crippen LogP contribution < -0.4 is 10.3 Å². The highest BCUT2D eigenvalue weighted by atomic mass is 35.5.